The van der Waals surface area contributed by atoms with Gasteiger partial charge in [0.25, 0.3) is 0 Å². The zero-order valence-electron chi connectivity index (χ0n) is 14.7. The number of carbonyl (C=O) groups is 2. The number of anilines is 1. The van der Waals surface area contributed by atoms with Crippen LogP contribution in [0, 0.1) is 6.92 Å². The fraction of sp³-hybridized carbons (Fsp3) is 0.167. The Morgan fingerprint density at radius 3 is 2.67 bits per heavy atom. The number of imide groups is 1. The maximum atomic E-state index is 12.0. The van der Waals surface area contributed by atoms with E-state index in [1.165, 1.54) is 11.0 Å². The van der Waals surface area contributed by atoms with E-state index < -0.39 is 11.9 Å². The number of nitrogens with one attached hydrogen (secondary N) is 3. The summed E-state index contributed by atoms with van der Waals surface area (Å²) in [4.78, 5) is 23.8. The van der Waals surface area contributed by atoms with E-state index in [9.17, 15) is 9.59 Å². The fourth-order valence-corrected chi connectivity index (χ4v) is 2.39. The van der Waals surface area contributed by atoms with Gasteiger partial charge in [-0.3, -0.25) is 10.1 Å². The molecule has 0 aliphatic carbocycles. The highest BCUT2D eigenvalue weighted by Crippen LogP contribution is 2.18. The number of rotatable bonds is 6. The summed E-state index contributed by atoms with van der Waals surface area (Å²) < 4.78 is 1.52. The first-order valence-electron chi connectivity index (χ1n) is 8.31. The first kappa shape index (κ1) is 18.1. The van der Waals surface area contributed by atoms with Crippen molar-refractivity contribution in [2.45, 2.75) is 13.5 Å². The highest BCUT2D eigenvalue weighted by Gasteiger charge is 2.09. The summed E-state index contributed by atoms with van der Waals surface area (Å²) in [6.45, 7) is 2.22. The molecule has 9 heteroatoms. The lowest BCUT2D eigenvalue weighted by molar-refractivity contribution is -0.118. The standard InChI is InChI=1S/C18H19N7O2/c1-13-7-8-15(25-12-21-23-24-25)9-16(13)19-11-17(26)22-18(27)20-10-14-5-3-2-4-6-14/h2-9,12,19H,10-11H2,1H3,(H2,20,22,26,27). The van der Waals surface area contributed by atoms with Crippen molar-refractivity contribution in [2.24, 2.45) is 0 Å². The average molecular weight is 365 g/mol. The largest absolute Gasteiger partial charge is 0.376 e. The van der Waals surface area contributed by atoms with Crippen molar-refractivity contribution >= 4 is 17.6 Å². The molecule has 0 aliphatic rings. The molecule has 3 aromatic rings. The number of amides is 3. The first-order valence-corrected chi connectivity index (χ1v) is 8.31. The Morgan fingerprint density at radius 1 is 1.11 bits per heavy atom. The molecular weight excluding hydrogens is 346 g/mol. The van der Waals surface area contributed by atoms with E-state index in [1.54, 1.807) is 0 Å². The summed E-state index contributed by atoms with van der Waals surface area (Å²) in [7, 11) is 0. The van der Waals surface area contributed by atoms with E-state index in [-0.39, 0.29) is 6.54 Å². The maximum absolute atomic E-state index is 12.0. The molecule has 0 atom stereocenters. The van der Waals surface area contributed by atoms with Crippen LogP contribution in [0.4, 0.5) is 10.5 Å². The molecule has 0 fully saturated rings. The summed E-state index contributed by atoms with van der Waals surface area (Å²) >= 11 is 0. The third kappa shape index (κ3) is 5.11. The molecule has 0 saturated carbocycles. The van der Waals surface area contributed by atoms with E-state index in [1.807, 2.05) is 55.5 Å². The van der Waals surface area contributed by atoms with Crippen LogP contribution >= 0.6 is 0 Å². The van der Waals surface area contributed by atoms with E-state index >= 15 is 0 Å². The van der Waals surface area contributed by atoms with Gasteiger partial charge in [0, 0.05) is 12.2 Å². The van der Waals surface area contributed by atoms with Crippen LogP contribution in [-0.4, -0.2) is 38.7 Å². The van der Waals surface area contributed by atoms with Crippen molar-refractivity contribution in [2.75, 3.05) is 11.9 Å². The molecule has 1 heterocycles. The molecule has 0 aliphatic heterocycles. The zero-order valence-corrected chi connectivity index (χ0v) is 14.7. The van der Waals surface area contributed by atoms with Crippen LogP contribution < -0.4 is 16.0 Å². The Morgan fingerprint density at radius 2 is 1.93 bits per heavy atom. The number of aryl methyl sites for hydroxylation is 1. The fourth-order valence-electron chi connectivity index (χ4n) is 2.39. The Balaban J connectivity index is 1.50. The van der Waals surface area contributed by atoms with Gasteiger partial charge in [-0.2, -0.15) is 0 Å². The molecule has 3 N–H and O–H groups in total. The van der Waals surface area contributed by atoms with Gasteiger partial charge in [-0.15, -0.1) is 5.10 Å². The monoisotopic (exact) mass is 365 g/mol. The van der Waals surface area contributed by atoms with E-state index in [0.29, 0.717) is 6.54 Å². The van der Waals surface area contributed by atoms with Gasteiger partial charge in [0.2, 0.25) is 5.91 Å². The highest BCUT2D eigenvalue weighted by atomic mass is 16.2. The van der Waals surface area contributed by atoms with Crippen molar-refractivity contribution in [3.05, 3.63) is 66.0 Å². The van der Waals surface area contributed by atoms with Crippen molar-refractivity contribution < 1.29 is 9.59 Å². The van der Waals surface area contributed by atoms with Crippen molar-refractivity contribution in [1.29, 1.82) is 0 Å². The van der Waals surface area contributed by atoms with Gasteiger partial charge in [0.15, 0.2) is 0 Å². The van der Waals surface area contributed by atoms with E-state index in [0.717, 1.165) is 22.5 Å². The molecule has 3 amide bonds. The minimum atomic E-state index is -0.537. The van der Waals surface area contributed by atoms with Crippen LogP contribution in [0.25, 0.3) is 5.69 Å². The first-order chi connectivity index (χ1) is 13.1. The minimum Gasteiger partial charge on any atom is -0.376 e. The zero-order chi connectivity index (χ0) is 19.1. The smallest absolute Gasteiger partial charge is 0.321 e. The predicted octanol–water partition coefficient (Wildman–Crippen LogP) is 1.41. The molecule has 0 unspecified atom stereocenters. The van der Waals surface area contributed by atoms with Gasteiger partial charge < -0.3 is 10.6 Å². The average Bonchev–Trinajstić information content (AvgIpc) is 3.21. The molecule has 0 bridgehead atoms. The second-order valence-corrected chi connectivity index (χ2v) is 5.82. The van der Waals surface area contributed by atoms with Crippen LogP contribution in [0.1, 0.15) is 11.1 Å². The molecule has 138 valence electrons. The lowest BCUT2D eigenvalue weighted by atomic mass is 10.2. The molecule has 0 radical (unpaired) electrons. The van der Waals surface area contributed by atoms with Gasteiger partial charge >= 0.3 is 6.03 Å². The third-order valence-corrected chi connectivity index (χ3v) is 3.82. The van der Waals surface area contributed by atoms with Crippen LogP contribution in [0.2, 0.25) is 0 Å². The quantitative estimate of drug-likeness (QED) is 0.609. The number of aromatic nitrogens is 4. The second-order valence-electron chi connectivity index (χ2n) is 5.82. The van der Waals surface area contributed by atoms with Crippen molar-refractivity contribution in [3.8, 4) is 5.69 Å². The Bertz CT molecular complexity index is 911. The molecular formula is C18H19N7O2. The highest BCUT2D eigenvalue weighted by molar-refractivity contribution is 5.96. The van der Waals surface area contributed by atoms with Crippen LogP contribution in [0.3, 0.4) is 0 Å². The minimum absolute atomic E-state index is 0.0430. The number of nitrogens with zero attached hydrogens (tertiary/aromatic N) is 4. The SMILES string of the molecule is Cc1ccc(-n2cnnn2)cc1NCC(=O)NC(=O)NCc1ccccc1. The summed E-state index contributed by atoms with van der Waals surface area (Å²) in [6.07, 6.45) is 1.48. The number of urea groups is 1. The van der Waals surface area contributed by atoms with Gasteiger partial charge in [-0.05, 0) is 40.6 Å². The third-order valence-electron chi connectivity index (χ3n) is 3.82. The van der Waals surface area contributed by atoms with E-state index in [2.05, 4.69) is 31.5 Å². The summed E-state index contributed by atoms with van der Waals surface area (Å²) in [5, 5.41) is 19.0. The normalized spacial score (nSPS) is 10.3. The Hall–Kier alpha value is -3.75. The molecule has 3 rings (SSSR count). The predicted molar refractivity (Wildman–Crippen MR) is 99.2 cm³/mol. The Labute approximate surface area is 155 Å². The van der Waals surface area contributed by atoms with E-state index in [4.69, 9.17) is 0 Å². The van der Waals surface area contributed by atoms with Crippen LogP contribution in [-0.2, 0) is 11.3 Å². The molecule has 0 spiro atoms. The van der Waals surface area contributed by atoms with Gasteiger partial charge in [0.1, 0.15) is 6.33 Å². The number of hydrogen-bond acceptors (Lipinski definition) is 6. The summed E-state index contributed by atoms with van der Waals surface area (Å²) in [5.41, 5.74) is 3.42. The van der Waals surface area contributed by atoms with Crippen LogP contribution in [0.15, 0.2) is 54.9 Å². The van der Waals surface area contributed by atoms with Crippen LogP contribution in [0.5, 0.6) is 0 Å². The summed E-state index contributed by atoms with van der Waals surface area (Å²) in [6, 6.07) is 14.5. The second kappa shape index (κ2) is 8.56. The van der Waals surface area contributed by atoms with Gasteiger partial charge in [-0.1, -0.05) is 36.4 Å². The maximum Gasteiger partial charge on any atom is 0.321 e. The molecule has 0 saturated heterocycles. The topological polar surface area (TPSA) is 114 Å². The van der Waals surface area contributed by atoms with Gasteiger partial charge in [0.05, 0.1) is 12.2 Å². The number of tetrazole rings is 1. The van der Waals surface area contributed by atoms with Crippen molar-refractivity contribution in [1.82, 2.24) is 30.8 Å². The number of carbonyl (C=O) groups excluding carboxylic acids is 2. The number of hydrogen-bond donors (Lipinski definition) is 3. The molecule has 1 aromatic heterocycles. The molecule has 9 nitrogen and oxygen atoms in total. The number of benzene rings is 2. The lowest BCUT2D eigenvalue weighted by Gasteiger charge is -2.11. The molecule has 27 heavy (non-hydrogen) atoms. The molecule has 2 aromatic carbocycles. The van der Waals surface area contributed by atoms with Gasteiger partial charge in [-0.25, -0.2) is 9.48 Å². The van der Waals surface area contributed by atoms with Crippen molar-refractivity contribution in [3.63, 3.8) is 0 Å². The summed E-state index contributed by atoms with van der Waals surface area (Å²) in [5.74, 6) is -0.437. The lowest BCUT2D eigenvalue weighted by Crippen LogP contribution is -2.41. The Kier molecular flexibility index (Phi) is 5.73.